The molecule has 0 radical (unpaired) electrons. The fourth-order valence-electron chi connectivity index (χ4n) is 2.62. The zero-order chi connectivity index (χ0) is 20.9. The molecule has 9 heteroatoms. The first-order chi connectivity index (χ1) is 13.9. The molecule has 0 N–H and O–H groups in total. The van der Waals surface area contributed by atoms with E-state index in [-0.39, 0.29) is 27.1 Å². The van der Waals surface area contributed by atoms with Crippen LogP contribution in [-0.4, -0.2) is 44.7 Å². The SMILES string of the molecule is COCCCN1C(=O)/C(=C/c2ccccc2F)S/C1=N/S(=O)(=O)c1ccccc1. The van der Waals surface area contributed by atoms with Crippen molar-refractivity contribution in [2.75, 3.05) is 20.3 Å². The van der Waals surface area contributed by atoms with Gasteiger partial charge in [0.05, 0.1) is 9.80 Å². The quantitative estimate of drug-likeness (QED) is 0.492. The molecule has 0 aliphatic carbocycles. The number of hydrogen-bond acceptors (Lipinski definition) is 5. The van der Waals surface area contributed by atoms with Crippen molar-refractivity contribution in [3.63, 3.8) is 0 Å². The van der Waals surface area contributed by atoms with Crippen LogP contribution in [0.4, 0.5) is 4.39 Å². The summed E-state index contributed by atoms with van der Waals surface area (Å²) in [5.74, 6) is -0.891. The van der Waals surface area contributed by atoms with E-state index in [0.717, 1.165) is 11.8 Å². The first-order valence-electron chi connectivity index (χ1n) is 8.77. The molecule has 1 saturated heterocycles. The average molecular weight is 435 g/mol. The molecule has 3 rings (SSSR count). The Morgan fingerprint density at radius 1 is 1.14 bits per heavy atom. The van der Waals surface area contributed by atoms with Crippen LogP contribution in [0.2, 0.25) is 0 Å². The van der Waals surface area contributed by atoms with E-state index < -0.39 is 21.7 Å². The second-order valence-electron chi connectivity index (χ2n) is 6.10. The molecule has 2 aromatic carbocycles. The number of benzene rings is 2. The Kier molecular flexibility index (Phi) is 6.83. The van der Waals surface area contributed by atoms with Crippen LogP contribution in [-0.2, 0) is 19.6 Å². The van der Waals surface area contributed by atoms with E-state index >= 15 is 0 Å². The van der Waals surface area contributed by atoms with Crippen molar-refractivity contribution in [1.82, 2.24) is 4.90 Å². The Morgan fingerprint density at radius 3 is 2.52 bits per heavy atom. The number of carbonyl (C=O) groups excluding carboxylic acids is 1. The summed E-state index contributed by atoms with van der Waals surface area (Å²) in [5.41, 5.74) is 0.243. The highest BCUT2D eigenvalue weighted by atomic mass is 32.2. The topological polar surface area (TPSA) is 76.0 Å². The lowest BCUT2D eigenvalue weighted by Crippen LogP contribution is -2.31. The van der Waals surface area contributed by atoms with Crippen LogP contribution < -0.4 is 0 Å². The van der Waals surface area contributed by atoms with Gasteiger partial charge in [0, 0.05) is 25.8 Å². The third kappa shape index (κ3) is 5.11. The van der Waals surface area contributed by atoms with Crippen LogP contribution in [0.5, 0.6) is 0 Å². The fourth-order valence-corrected chi connectivity index (χ4v) is 4.84. The monoisotopic (exact) mass is 434 g/mol. The van der Waals surface area contributed by atoms with Crippen molar-refractivity contribution in [3.05, 3.63) is 70.9 Å². The van der Waals surface area contributed by atoms with Crippen molar-refractivity contribution in [1.29, 1.82) is 0 Å². The van der Waals surface area contributed by atoms with Gasteiger partial charge in [-0.2, -0.15) is 8.42 Å². The van der Waals surface area contributed by atoms with E-state index in [1.807, 2.05) is 0 Å². The van der Waals surface area contributed by atoms with E-state index in [1.54, 1.807) is 43.5 Å². The molecular formula is C20H19FN2O4S2. The molecule has 1 fully saturated rings. The van der Waals surface area contributed by atoms with Gasteiger partial charge in [-0.05, 0) is 42.5 Å². The van der Waals surface area contributed by atoms with Crippen molar-refractivity contribution in [2.45, 2.75) is 11.3 Å². The number of nitrogens with zero attached hydrogens (tertiary/aromatic N) is 2. The van der Waals surface area contributed by atoms with Gasteiger partial charge in [-0.25, -0.2) is 4.39 Å². The number of amides is 1. The summed E-state index contributed by atoms with van der Waals surface area (Å²) in [4.78, 5) is 14.4. The van der Waals surface area contributed by atoms with Gasteiger partial charge in [0.15, 0.2) is 5.17 Å². The molecule has 152 valence electrons. The lowest BCUT2D eigenvalue weighted by atomic mass is 10.2. The van der Waals surface area contributed by atoms with Gasteiger partial charge >= 0.3 is 0 Å². The van der Waals surface area contributed by atoms with Crippen molar-refractivity contribution < 1.29 is 22.3 Å². The third-order valence-corrected chi connectivity index (χ3v) is 6.45. The Balaban J connectivity index is 1.97. The molecule has 0 bridgehead atoms. The predicted octanol–water partition coefficient (Wildman–Crippen LogP) is 3.52. The molecule has 0 spiro atoms. The van der Waals surface area contributed by atoms with E-state index in [1.165, 1.54) is 29.2 Å². The number of sulfonamides is 1. The highest BCUT2D eigenvalue weighted by Crippen LogP contribution is 2.34. The van der Waals surface area contributed by atoms with E-state index in [4.69, 9.17) is 4.74 Å². The standard InChI is InChI=1S/C20H19FN2O4S2/c1-27-13-7-12-23-19(24)18(14-15-8-5-6-11-17(15)21)28-20(23)22-29(25,26)16-9-3-2-4-10-16/h2-6,8-11,14H,7,12-13H2,1H3/b18-14-,22-20+. The normalized spacial score (nSPS) is 17.4. The number of halogens is 1. The summed E-state index contributed by atoms with van der Waals surface area (Å²) in [6.45, 7) is 0.636. The Bertz CT molecular complexity index is 1050. The smallest absolute Gasteiger partial charge is 0.284 e. The van der Waals surface area contributed by atoms with Gasteiger partial charge in [0.25, 0.3) is 15.9 Å². The molecule has 1 aliphatic rings. The molecule has 0 atom stereocenters. The number of ether oxygens (including phenoxy) is 1. The van der Waals surface area contributed by atoms with Gasteiger partial charge in [-0.15, -0.1) is 4.40 Å². The van der Waals surface area contributed by atoms with Crippen LogP contribution in [0.15, 0.2) is 68.8 Å². The van der Waals surface area contributed by atoms with Gasteiger partial charge in [0.1, 0.15) is 5.82 Å². The molecule has 0 unspecified atom stereocenters. The van der Waals surface area contributed by atoms with Crippen LogP contribution >= 0.6 is 11.8 Å². The Hall–Kier alpha value is -2.49. The zero-order valence-corrected chi connectivity index (χ0v) is 17.2. The minimum absolute atomic E-state index is 0.0314. The lowest BCUT2D eigenvalue weighted by molar-refractivity contribution is -0.122. The predicted molar refractivity (Wildman–Crippen MR) is 111 cm³/mol. The van der Waals surface area contributed by atoms with Gasteiger partial charge in [-0.1, -0.05) is 36.4 Å². The van der Waals surface area contributed by atoms with Crippen LogP contribution in [0, 0.1) is 5.82 Å². The van der Waals surface area contributed by atoms with Gasteiger partial charge in [0.2, 0.25) is 0 Å². The molecule has 0 saturated carbocycles. The second-order valence-corrected chi connectivity index (χ2v) is 8.71. The highest BCUT2D eigenvalue weighted by Gasteiger charge is 2.34. The van der Waals surface area contributed by atoms with Gasteiger partial charge < -0.3 is 4.74 Å². The van der Waals surface area contributed by atoms with Gasteiger partial charge in [-0.3, -0.25) is 9.69 Å². The minimum Gasteiger partial charge on any atom is -0.385 e. The van der Waals surface area contributed by atoms with E-state index in [2.05, 4.69) is 4.40 Å². The minimum atomic E-state index is -3.99. The van der Waals surface area contributed by atoms with E-state index in [0.29, 0.717) is 13.0 Å². The molecule has 0 aromatic heterocycles. The summed E-state index contributed by atoms with van der Waals surface area (Å²) in [7, 11) is -2.45. The number of rotatable bonds is 7. The molecule has 1 amide bonds. The molecule has 6 nitrogen and oxygen atoms in total. The second kappa shape index (κ2) is 9.34. The Labute approximate surface area is 173 Å². The highest BCUT2D eigenvalue weighted by molar-refractivity contribution is 8.19. The number of hydrogen-bond donors (Lipinski definition) is 0. The summed E-state index contributed by atoms with van der Waals surface area (Å²) < 4.78 is 48.2. The summed E-state index contributed by atoms with van der Waals surface area (Å²) >= 11 is 0.911. The van der Waals surface area contributed by atoms with Crippen LogP contribution in [0.3, 0.4) is 0 Å². The van der Waals surface area contributed by atoms with E-state index in [9.17, 15) is 17.6 Å². The summed E-state index contributed by atoms with van der Waals surface area (Å²) in [6, 6.07) is 13.8. The molecular weight excluding hydrogens is 415 g/mol. The summed E-state index contributed by atoms with van der Waals surface area (Å²) in [5, 5.41) is 0.0394. The largest absolute Gasteiger partial charge is 0.385 e. The first-order valence-corrected chi connectivity index (χ1v) is 11.0. The number of methoxy groups -OCH3 is 1. The van der Waals surface area contributed by atoms with Crippen LogP contribution in [0.25, 0.3) is 6.08 Å². The zero-order valence-electron chi connectivity index (χ0n) is 15.6. The molecule has 1 heterocycles. The maximum absolute atomic E-state index is 14.0. The number of amidine groups is 1. The van der Waals surface area contributed by atoms with Crippen LogP contribution in [0.1, 0.15) is 12.0 Å². The molecule has 29 heavy (non-hydrogen) atoms. The third-order valence-electron chi connectivity index (χ3n) is 4.05. The maximum atomic E-state index is 14.0. The maximum Gasteiger partial charge on any atom is 0.284 e. The lowest BCUT2D eigenvalue weighted by Gasteiger charge is -2.15. The fraction of sp³-hybridized carbons (Fsp3) is 0.200. The average Bonchev–Trinajstić information content (AvgIpc) is 2.99. The number of carbonyl (C=O) groups is 1. The van der Waals surface area contributed by atoms with Crippen molar-refractivity contribution in [2.24, 2.45) is 4.40 Å². The van der Waals surface area contributed by atoms with Crippen molar-refractivity contribution in [3.8, 4) is 0 Å². The Morgan fingerprint density at radius 2 is 1.83 bits per heavy atom. The summed E-state index contributed by atoms with van der Waals surface area (Å²) in [6.07, 6.45) is 1.91. The number of thioether (sulfide) groups is 1. The first kappa shape index (κ1) is 21.2. The molecule has 1 aliphatic heterocycles. The van der Waals surface area contributed by atoms with Crippen molar-refractivity contribution >= 4 is 38.9 Å². The molecule has 2 aromatic rings.